The lowest BCUT2D eigenvalue weighted by molar-refractivity contribution is 0.0772. The van der Waals surface area contributed by atoms with E-state index in [1.54, 1.807) is 24.1 Å². The van der Waals surface area contributed by atoms with E-state index >= 15 is 0 Å². The van der Waals surface area contributed by atoms with Gasteiger partial charge >= 0.3 is 0 Å². The van der Waals surface area contributed by atoms with Crippen molar-refractivity contribution in [1.82, 2.24) is 14.9 Å². The second-order valence-electron chi connectivity index (χ2n) is 4.75. The molecule has 0 aliphatic rings. The summed E-state index contributed by atoms with van der Waals surface area (Å²) in [5.41, 5.74) is 1.20. The Morgan fingerprint density at radius 3 is 2.43 bits per heavy atom. The van der Waals surface area contributed by atoms with E-state index in [1.807, 2.05) is 19.9 Å². The summed E-state index contributed by atoms with van der Waals surface area (Å²) in [6, 6.07) is 5.28. The molecule has 0 radical (unpaired) electrons. The van der Waals surface area contributed by atoms with Crippen LogP contribution in [0.1, 0.15) is 24.2 Å². The first kappa shape index (κ1) is 17.0. The summed E-state index contributed by atoms with van der Waals surface area (Å²) >= 11 is 6.07. The normalized spacial score (nSPS) is 10.3. The average molecular weight is 335 g/mol. The molecule has 0 fully saturated rings. The fourth-order valence-corrected chi connectivity index (χ4v) is 2.33. The fourth-order valence-electron chi connectivity index (χ4n) is 2.07. The Bertz CT molecular complexity index is 672. The van der Waals surface area contributed by atoms with Crippen LogP contribution in [0.15, 0.2) is 30.6 Å². The summed E-state index contributed by atoms with van der Waals surface area (Å²) in [4.78, 5) is 22.3. The third kappa shape index (κ3) is 4.10. The number of hydrogen-bond acceptors (Lipinski definition) is 5. The second kappa shape index (κ2) is 7.78. The molecule has 23 heavy (non-hydrogen) atoms. The first-order valence-electron chi connectivity index (χ1n) is 7.30. The highest BCUT2D eigenvalue weighted by atomic mass is 35.5. The maximum Gasteiger partial charge on any atom is 0.256 e. The predicted octanol–water partition coefficient (Wildman–Crippen LogP) is 3.36. The average Bonchev–Trinajstić information content (AvgIpc) is 2.57. The number of nitrogens with one attached hydrogen (secondary N) is 1. The highest BCUT2D eigenvalue weighted by Gasteiger charge is 2.13. The maximum absolute atomic E-state index is 12.2. The van der Waals surface area contributed by atoms with Crippen LogP contribution in [0.4, 0.5) is 11.6 Å². The standard InChI is InChI=1S/C16H19ClN4O2/c1-4-21(5-2)15(22)11-9-18-16(19-10-11)20-12-6-7-14(23-3)13(17)8-12/h6-10H,4-5H2,1-3H3,(H,18,19,20). The number of methoxy groups -OCH3 is 1. The molecule has 2 aromatic rings. The molecule has 0 saturated carbocycles. The SMILES string of the molecule is CCN(CC)C(=O)c1cnc(Nc2ccc(OC)c(Cl)c2)nc1. The van der Waals surface area contributed by atoms with E-state index < -0.39 is 0 Å². The molecule has 1 aromatic heterocycles. The van der Waals surface area contributed by atoms with Crippen molar-refractivity contribution in [1.29, 1.82) is 0 Å². The Hall–Kier alpha value is -2.34. The Kier molecular flexibility index (Phi) is 5.76. The van der Waals surface area contributed by atoms with Crippen LogP contribution in [0.2, 0.25) is 5.02 Å². The van der Waals surface area contributed by atoms with Gasteiger partial charge in [0.1, 0.15) is 5.75 Å². The quantitative estimate of drug-likeness (QED) is 0.877. The molecule has 0 aliphatic carbocycles. The summed E-state index contributed by atoms with van der Waals surface area (Å²) in [5.74, 6) is 0.912. The number of amides is 1. The van der Waals surface area contributed by atoms with Gasteiger partial charge in [0.2, 0.25) is 5.95 Å². The summed E-state index contributed by atoms with van der Waals surface area (Å²) in [6.07, 6.45) is 3.03. The van der Waals surface area contributed by atoms with Gasteiger partial charge in [-0.3, -0.25) is 4.79 Å². The largest absolute Gasteiger partial charge is 0.495 e. The van der Waals surface area contributed by atoms with Gasteiger partial charge in [0, 0.05) is 31.2 Å². The highest BCUT2D eigenvalue weighted by molar-refractivity contribution is 6.32. The van der Waals surface area contributed by atoms with Crippen molar-refractivity contribution in [3.8, 4) is 5.75 Å². The van der Waals surface area contributed by atoms with Crippen LogP contribution < -0.4 is 10.1 Å². The van der Waals surface area contributed by atoms with E-state index in [0.717, 1.165) is 5.69 Å². The lowest BCUT2D eigenvalue weighted by Gasteiger charge is -2.18. The number of rotatable bonds is 6. The number of benzene rings is 1. The van der Waals surface area contributed by atoms with Crippen molar-refractivity contribution >= 4 is 29.1 Å². The molecule has 0 aliphatic heterocycles. The molecule has 0 spiro atoms. The summed E-state index contributed by atoms with van der Waals surface area (Å²) in [7, 11) is 1.56. The molecule has 0 atom stereocenters. The van der Waals surface area contributed by atoms with Gasteiger partial charge < -0.3 is 15.0 Å². The highest BCUT2D eigenvalue weighted by Crippen LogP contribution is 2.28. The van der Waals surface area contributed by atoms with Crippen LogP contribution in [0.3, 0.4) is 0 Å². The lowest BCUT2D eigenvalue weighted by atomic mass is 10.3. The number of hydrogen-bond donors (Lipinski definition) is 1. The first-order chi connectivity index (χ1) is 11.1. The zero-order valence-corrected chi connectivity index (χ0v) is 14.1. The minimum Gasteiger partial charge on any atom is -0.495 e. The van der Waals surface area contributed by atoms with E-state index in [9.17, 15) is 4.79 Å². The topological polar surface area (TPSA) is 67.4 Å². The van der Waals surface area contributed by atoms with Gasteiger partial charge in [0.25, 0.3) is 5.91 Å². The molecule has 122 valence electrons. The molecule has 2 rings (SSSR count). The van der Waals surface area contributed by atoms with E-state index in [1.165, 1.54) is 12.4 Å². The molecule has 1 heterocycles. The Balaban J connectivity index is 2.11. The smallest absolute Gasteiger partial charge is 0.256 e. The Labute approximate surface area is 140 Å². The molecule has 1 amide bonds. The van der Waals surface area contributed by atoms with E-state index in [-0.39, 0.29) is 5.91 Å². The van der Waals surface area contributed by atoms with Crippen molar-refractivity contribution < 1.29 is 9.53 Å². The molecular formula is C16H19ClN4O2. The Morgan fingerprint density at radius 2 is 1.91 bits per heavy atom. The molecule has 6 nitrogen and oxygen atoms in total. The van der Waals surface area contributed by atoms with Crippen LogP contribution in [0, 0.1) is 0 Å². The lowest BCUT2D eigenvalue weighted by Crippen LogP contribution is -2.30. The third-order valence-corrected chi connectivity index (χ3v) is 3.65. The first-order valence-corrected chi connectivity index (χ1v) is 7.68. The summed E-state index contributed by atoms with van der Waals surface area (Å²) < 4.78 is 5.10. The molecular weight excluding hydrogens is 316 g/mol. The van der Waals surface area contributed by atoms with Crippen molar-refractivity contribution in [3.05, 3.63) is 41.2 Å². The zero-order chi connectivity index (χ0) is 16.8. The second-order valence-corrected chi connectivity index (χ2v) is 5.15. The van der Waals surface area contributed by atoms with E-state index in [4.69, 9.17) is 16.3 Å². The number of halogens is 1. The van der Waals surface area contributed by atoms with Gasteiger partial charge in [-0.15, -0.1) is 0 Å². The van der Waals surface area contributed by atoms with Gasteiger partial charge in [0.05, 0.1) is 17.7 Å². The van der Waals surface area contributed by atoms with Gasteiger partial charge in [-0.1, -0.05) is 11.6 Å². The molecule has 0 saturated heterocycles. The predicted molar refractivity (Wildman–Crippen MR) is 90.6 cm³/mol. The van der Waals surface area contributed by atoms with Gasteiger partial charge in [-0.05, 0) is 32.0 Å². The number of carbonyl (C=O) groups is 1. The number of aromatic nitrogens is 2. The molecule has 0 unspecified atom stereocenters. The Morgan fingerprint density at radius 1 is 1.26 bits per heavy atom. The summed E-state index contributed by atoms with van der Waals surface area (Å²) in [5, 5.41) is 3.52. The van der Waals surface area contributed by atoms with Crippen molar-refractivity contribution in [2.75, 3.05) is 25.5 Å². The van der Waals surface area contributed by atoms with Crippen LogP contribution in [0.5, 0.6) is 5.75 Å². The van der Waals surface area contributed by atoms with Gasteiger partial charge in [-0.2, -0.15) is 0 Å². The summed E-state index contributed by atoms with van der Waals surface area (Å²) in [6.45, 7) is 5.18. The number of nitrogens with zero attached hydrogens (tertiary/aromatic N) is 3. The van der Waals surface area contributed by atoms with Crippen LogP contribution in [-0.4, -0.2) is 41.0 Å². The van der Waals surface area contributed by atoms with Gasteiger partial charge in [0.15, 0.2) is 0 Å². The van der Waals surface area contributed by atoms with Crippen molar-refractivity contribution in [3.63, 3.8) is 0 Å². The zero-order valence-electron chi connectivity index (χ0n) is 13.3. The number of anilines is 2. The number of carbonyl (C=O) groups excluding carboxylic acids is 1. The molecule has 0 bridgehead atoms. The van der Waals surface area contributed by atoms with Crippen LogP contribution in [0.25, 0.3) is 0 Å². The van der Waals surface area contributed by atoms with Crippen LogP contribution in [-0.2, 0) is 0 Å². The molecule has 1 N–H and O–H groups in total. The minimum absolute atomic E-state index is 0.0750. The van der Waals surface area contributed by atoms with Gasteiger partial charge in [-0.25, -0.2) is 9.97 Å². The van der Waals surface area contributed by atoms with Crippen molar-refractivity contribution in [2.24, 2.45) is 0 Å². The minimum atomic E-state index is -0.0750. The maximum atomic E-state index is 12.2. The fraction of sp³-hybridized carbons (Fsp3) is 0.312. The van der Waals surface area contributed by atoms with E-state index in [2.05, 4.69) is 15.3 Å². The number of ether oxygens (including phenoxy) is 1. The van der Waals surface area contributed by atoms with Crippen LogP contribution >= 0.6 is 11.6 Å². The molecule has 1 aromatic carbocycles. The molecule has 7 heteroatoms. The monoisotopic (exact) mass is 334 g/mol. The van der Waals surface area contributed by atoms with Crippen molar-refractivity contribution in [2.45, 2.75) is 13.8 Å². The third-order valence-electron chi connectivity index (χ3n) is 3.36. The van der Waals surface area contributed by atoms with E-state index in [0.29, 0.717) is 35.4 Å².